The first-order valence-electron chi connectivity index (χ1n) is 6.25. The van der Waals surface area contributed by atoms with Crippen LogP contribution in [0.5, 0.6) is 5.75 Å². The molecule has 2 aromatic carbocycles. The van der Waals surface area contributed by atoms with Crippen molar-refractivity contribution >= 4 is 29.2 Å². The van der Waals surface area contributed by atoms with Crippen LogP contribution in [0.4, 0.5) is 10.5 Å². The van der Waals surface area contributed by atoms with Crippen molar-refractivity contribution in [2.75, 3.05) is 4.90 Å². The molecule has 106 valence electrons. The molecule has 6 heteroatoms. The molecule has 21 heavy (non-hydrogen) atoms. The zero-order valence-corrected chi connectivity index (χ0v) is 11.5. The summed E-state index contributed by atoms with van der Waals surface area (Å²) in [6, 6.07) is 11.8. The van der Waals surface area contributed by atoms with Gasteiger partial charge in [0.15, 0.2) is 0 Å². The summed E-state index contributed by atoms with van der Waals surface area (Å²) in [5.41, 5.74) is 0.847. The van der Waals surface area contributed by atoms with Gasteiger partial charge in [-0.05, 0) is 23.8 Å². The predicted molar refractivity (Wildman–Crippen MR) is 78.3 cm³/mol. The number of phenols is 1. The van der Waals surface area contributed by atoms with E-state index in [1.807, 2.05) is 6.07 Å². The number of nitrogens with one attached hydrogen (secondary N) is 1. The van der Waals surface area contributed by atoms with Gasteiger partial charge in [0.1, 0.15) is 11.8 Å². The summed E-state index contributed by atoms with van der Waals surface area (Å²) in [5.74, 6) is -0.559. The molecule has 0 spiro atoms. The van der Waals surface area contributed by atoms with Gasteiger partial charge in [-0.1, -0.05) is 41.9 Å². The number of phenolic OH excluding ortho intramolecular Hbond substituents is 1. The van der Waals surface area contributed by atoms with Gasteiger partial charge in [-0.25, -0.2) is 4.79 Å². The molecular formula is C15H11ClN2O3. The second-order valence-electron chi connectivity index (χ2n) is 4.61. The van der Waals surface area contributed by atoms with Gasteiger partial charge in [0.25, 0.3) is 5.91 Å². The summed E-state index contributed by atoms with van der Waals surface area (Å²) in [7, 11) is 0. The van der Waals surface area contributed by atoms with Crippen LogP contribution in [-0.2, 0) is 4.79 Å². The molecule has 2 aromatic rings. The SMILES string of the molecule is O=C1NC(=O)N(c2cc(Cl)ccc2O)C1c1ccccc1. The molecule has 1 atom stereocenters. The third-order valence-electron chi connectivity index (χ3n) is 3.27. The molecule has 1 aliphatic rings. The average molecular weight is 303 g/mol. The maximum Gasteiger partial charge on any atom is 0.329 e. The van der Waals surface area contributed by atoms with Gasteiger partial charge in [-0.2, -0.15) is 0 Å². The lowest BCUT2D eigenvalue weighted by molar-refractivity contribution is -0.119. The van der Waals surface area contributed by atoms with Crippen LogP contribution in [0.1, 0.15) is 11.6 Å². The standard InChI is InChI=1S/C15H11ClN2O3/c16-10-6-7-12(19)11(8-10)18-13(14(20)17-15(18)21)9-4-2-1-3-5-9/h1-8,13,19H,(H,17,20,21). The molecule has 1 aliphatic heterocycles. The fraction of sp³-hybridized carbons (Fsp3) is 0.0667. The van der Waals surface area contributed by atoms with Crippen molar-refractivity contribution in [2.45, 2.75) is 6.04 Å². The minimum Gasteiger partial charge on any atom is -0.506 e. The summed E-state index contributed by atoms with van der Waals surface area (Å²) < 4.78 is 0. The van der Waals surface area contributed by atoms with E-state index in [1.165, 1.54) is 23.1 Å². The Hall–Kier alpha value is -2.53. The second-order valence-corrected chi connectivity index (χ2v) is 5.05. The van der Waals surface area contributed by atoms with E-state index in [0.717, 1.165) is 0 Å². The number of imide groups is 1. The van der Waals surface area contributed by atoms with Gasteiger partial charge >= 0.3 is 6.03 Å². The lowest BCUT2D eigenvalue weighted by atomic mass is 10.1. The number of carbonyl (C=O) groups is 2. The highest BCUT2D eigenvalue weighted by molar-refractivity contribution is 6.31. The smallest absolute Gasteiger partial charge is 0.329 e. The Balaban J connectivity index is 2.12. The number of rotatable bonds is 2. The van der Waals surface area contributed by atoms with Gasteiger partial charge in [-0.3, -0.25) is 15.0 Å². The minimum absolute atomic E-state index is 0.120. The number of amides is 3. The zero-order chi connectivity index (χ0) is 15.0. The fourth-order valence-electron chi connectivity index (χ4n) is 2.34. The number of hydrogen-bond acceptors (Lipinski definition) is 3. The average Bonchev–Trinajstić information content (AvgIpc) is 2.77. The number of urea groups is 1. The molecule has 0 bridgehead atoms. The number of halogens is 1. The van der Waals surface area contributed by atoms with Crippen LogP contribution >= 0.6 is 11.6 Å². The largest absolute Gasteiger partial charge is 0.506 e. The van der Waals surface area contributed by atoms with Crippen molar-refractivity contribution in [1.82, 2.24) is 5.32 Å². The van der Waals surface area contributed by atoms with Gasteiger partial charge in [-0.15, -0.1) is 0 Å². The van der Waals surface area contributed by atoms with E-state index in [4.69, 9.17) is 11.6 Å². The number of hydrogen-bond donors (Lipinski definition) is 2. The number of aromatic hydroxyl groups is 1. The Morgan fingerprint density at radius 2 is 1.81 bits per heavy atom. The first-order chi connectivity index (χ1) is 10.1. The van der Waals surface area contributed by atoms with Crippen LogP contribution in [0.3, 0.4) is 0 Å². The third-order valence-corrected chi connectivity index (χ3v) is 3.50. The molecule has 0 radical (unpaired) electrons. The summed E-state index contributed by atoms with van der Waals surface area (Å²) in [6.45, 7) is 0. The lowest BCUT2D eigenvalue weighted by Crippen LogP contribution is -2.29. The van der Waals surface area contributed by atoms with Crippen molar-refractivity contribution in [3.05, 3.63) is 59.1 Å². The normalized spacial score (nSPS) is 18.0. The number of anilines is 1. The van der Waals surface area contributed by atoms with Gasteiger partial charge in [0.2, 0.25) is 0 Å². The minimum atomic E-state index is -0.830. The summed E-state index contributed by atoms with van der Waals surface area (Å²) in [6.07, 6.45) is 0. The first-order valence-corrected chi connectivity index (χ1v) is 6.63. The molecule has 1 saturated heterocycles. The molecule has 0 saturated carbocycles. The molecule has 3 amide bonds. The highest BCUT2D eigenvalue weighted by Gasteiger charge is 2.41. The highest BCUT2D eigenvalue weighted by atomic mass is 35.5. The van der Waals surface area contributed by atoms with E-state index in [9.17, 15) is 14.7 Å². The van der Waals surface area contributed by atoms with Crippen LogP contribution in [-0.4, -0.2) is 17.0 Å². The monoisotopic (exact) mass is 302 g/mol. The predicted octanol–water partition coefficient (Wildman–Crippen LogP) is 2.84. The Labute approximate surface area is 125 Å². The van der Waals surface area contributed by atoms with E-state index >= 15 is 0 Å². The highest BCUT2D eigenvalue weighted by Crippen LogP contribution is 2.38. The van der Waals surface area contributed by atoms with E-state index in [-0.39, 0.29) is 11.4 Å². The van der Waals surface area contributed by atoms with Crippen LogP contribution in [0, 0.1) is 0 Å². The maximum atomic E-state index is 12.1. The molecule has 1 unspecified atom stereocenters. The molecule has 1 heterocycles. The number of benzene rings is 2. The van der Waals surface area contributed by atoms with Crippen molar-refractivity contribution < 1.29 is 14.7 Å². The van der Waals surface area contributed by atoms with Gasteiger partial charge in [0.05, 0.1) is 5.69 Å². The molecule has 3 rings (SSSR count). The van der Waals surface area contributed by atoms with E-state index in [1.54, 1.807) is 24.3 Å². The Kier molecular flexibility index (Phi) is 3.27. The van der Waals surface area contributed by atoms with Crippen LogP contribution < -0.4 is 10.2 Å². The van der Waals surface area contributed by atoms with E-state index in [2.05, 4.69) is 5.32 Å². The van der Waals surface area contributed by atoms with Gasteiger partial charge < -0.3 is 5.11 Å². The van der Waals surface area contributed by atoms with Crippen LogP contribution in [0.2, 0.25) is 5.02 Å². The molecule has 0 aromatic heterocycles. The second kappa shape index (κ2) is 5.10. The van der Waals surface area contributed by atoms with Crippen molar-refractivity contribution in [3.63, 3.8) is 0 Å². The summed E-state index contributed by atoms with van der Waals surface area (Å²) in [5, 5.41) is 12.6. The molecular weight excluding hydrogens is 292 g/mol. The Bertz CT molecular complexity index is 718. The summed E-state index contributed by atoms with van der Waals surface area (Å²) in [4.78, 5) is 25.4. The van der Waals surface area contributed by atoms with E-state index in [0.29, 0.717) is 10.6 Å². The quantitative estimate of drug-likeness (QED) is 0.838. The topological polar surface area (TPSA) is 69.6 Å². The third kappa shape index (κ3) is 2.32. The zero-order valence-electron chi connectivity index (χ0n) is 10.8. The lowest BCUT2D eigenvalue weighted by Gasteiger charge is -2.23. The molecule has 1 fully saturated rings. The van der Waals surface area contributed by atoms with Crippen molar-refractivity contribution in [3.8, 4) is 5.75 Å². The number of nitrogens with zero attached hydrogens (tertiary/aromatic N) is 1. The molecule has 2 N–H and O–H groups in total. The van der Waals surface area contributed by atoms with Crippen molar-refractivity contribution in [2.24, 2.45) is 0 Å². The van der Waals surface area contributed by atoms with Crippen LogP contribution in [0.15, 0.2) is 48.5 Å². The Morgan fingerprint density at radius 1 is 1.10 bits per heavy atom. The Morgan fingerprint density at radius 3 is 2.52 bits per heavy atom. The summed E-state index contributed by atoms with van der Waals surface area (Å²) >= 11 is 5.92. The fourth-order valence-corrected chi connectivity index (χ4v) is 2.51. The maximum absolute atomic E-state index is 12.1. The number of carbonyl (C=O) groups excluding carboxylic acids is 2. The van der Waals surface area contributed by atoms with Crippen molar-refractivity contribution in [1.29, 1.82) is 0 Å². The van der Waals surface area contributed by atoms with Crippen LogP contribution in [0.25, 0.3) is 0 Å². The first kappa shape index (κ1) is 13.5. The van der Waals surface area contributed by atoms with E-state index < -0.39 is 18.0 Å². The van der Waals surface area contributed by atoms with Gasteiger partial charge in [0, 0.05) is 5.02 Å². The molecule has 5 nitrogen and oxygen atoms in total. The molecule has 0 aliphatic carbocycles.